The van der Waals surface area contributed by atoms with Gasteiger partial charge >= 0.3 is 6.09 Å². The number of hydrogen-bond donors (Lipinski definition) is 0. The van der Waals surface area contributed by atoms with Crippen molar-refractivity contribution in [2.24, 2.45) is 0 Å². The maximum absolute atomic E-state index is 12.7. The zero-order valence-electron chi connectivity index (χ0n) is 12.4. The van der Waals surface area contributed by atoms with E-state index in [1.54, 1.807) is 13.0 Å². The fourth-order valence-electron chi connectivity index (χ4n) is 2.82. The molecule has 4 nitrogen and oxygen atoms in total. The minimum atomic E-state index is -0.601. The molecule has 1 aliphatic rings. The average molecular weight is 295 g/mol. The first-order valence-corrected chi connectivity index (χ1v) is 7.36. The number of rotatable bonds is 3. The van der Waals surface area contributed by atoms with Crippen molar-refractivity contribution in [2.75, 3.05) is 11.5 Å². The van der Waals surface area contributed by atoms with Crippen molar-refractivity contribution in [3.63, 3.8) is 0 Å². The largest absolute Gasteiger partial charge is 0.449 e. The molecule has 0 saturated heterocycles. The van der Waals surface area contributed by atoms with Gasteiger partial charge in [-0.2, -0.15) is 0 Å². The van der Waals surface area contributed by atoms with E-state index in [4.69, 9.17) is 4.74 Å². The first kappa shape index (κ1) is 14.3. The van der Waals surface area contributed by atoms with E-state index < -0.39 is 6.09 Å². The summed E-state index contributed by atoms with van der Waals surface area (Å²) in [7, 11) is 0. The molecule has 0 N–H and O–H groups in total. The Bertz CT molecular complexity index is 696. The molecule has 2 amide bonds. The van der Waals surface area contributed by atoms with Crippen molar-refractivity contribution < 1.29 is 14.3 Å². The maximum Gasteiger partial charge on any atom is 0.421 e. The van der Waals surface area contributed by atoms with E-state index in [9.17, 15) is 9.59 Å². The first-order chi connectivity index (χ1) is 10.7. The fraction of sp³-hybridized carbons (Fsp3) is 0.222. The van der Waals surface area contributed by atoms with Gasteiger partial charge in [0.25, 0.3) is 0 Å². The molecule has 1 aliphatic heterocycles. The standard InChI is InChI=1S/C18H17NO3/c1-2-22-18(21)19-16-11-7-6-10-14(16)15(17(19)20)12-13-8-4-3-5-9-13/h3-11,15H,2,12H2,1H3. The second-order valence-electron chi connectivity index (χ2n) is 5.17. The lowest BCUT2D eigenvalue weighted by molar-refractivity contribution is -0.118. The lowest BCUT2D eigenvalue weighted by atomic mass is 9.93. The van der Waals surface area contributed by atoms with Gasteiger partial charge in [-0.25, -0.2) is 9.69 Å². The van der Waals surface area contributed by atoms with E-state index in [0.29, 0.717) is 12.1 Å². The summed E-state index contributed by atoms with van der Waals surface area (Å²) in [5.74, 6) is -0.563. The Balaban J connectivity index is 1.95. The molecule has 2 aromatic rings. The third-order valence-corrected chi connectivity index (χ3v) is 3.80. The zero-order chi connectivity index (χ0) is 15.5. The number of fused-ring (bicyclic) bond motifs is 1. The normalized spacial score (nSPS) is 16.5. The molecular weight excluding hydrogens is 278 g/mol. The third kappa shape index (κ3) is 2.48. The number of imide groups is 1. The van der Waals surface area contributed by atoms with Crippen LogP contribution in [0.25, 0.3) is 0 Å². The van der Waals surface area contributed by atoms with E-state index in [2.05, 4.69) is 0 Å². The van der Waals surface area contributed by atoms with Crippen LogP contribution in [-0.2, 0) is 16.0 Å². The predicted octanol–water partition coefficient (Wildman–Crippen LogP) is 3.52. The van der Waals surface area contributed by atoms with Crippen molar-refractivity contribution in [3.8, 4) is 0 Å². The third-order valence-electron chi connectivity index (χ3n) is 3.80. The summed E-state index contributed by atoms with van der Waals surface area (Å²) in [6.07, 6.45) is -0.0254. The van der Waals surface area contributed by atoms with Crippen molar-refractivity contribution in [1.82, 2.24) is 0 Å². The maximum atomic E-state index is 12.7. The Morgan fingerprint density at radius 2 is 1.77 bits per heavy atom. The zero-order valence-corrected chi connectivity index (χ0v) is 12.4. The molecule has 0 radical (unpaired) electrons. The number of nitrogens with zero attached hydrogens (tertiary/aromatic N) is 1. The fourth-order valence-corrected chi connectivity index (χ4v) is 2.82. The SMILES string of the molecule is CCOC(=O)N1C(=O)C(Cc2ccccc2)c2ccccc21. The number of carbonyl (C=O) groups is 2. The number of benzene rings is 2. The molecular formula is C18H17NO3. The van der Waals surface area contributed by atoms with Crippen LogP contribution in [0.2, 0.25) is 0 Å². The highest BCUT2D eigenvalue weighted by Gasteiger charge is 2.41. The summed E-state index contributed by atoms with van der Waals surface area (Å²) in [5.41, 5.74) is 2.58. The molecule has 0 aliphatic carbocycles. The molecule has 4 heteroatoms. The number of anilines is 1. The van der Waals surface area contributed by atoms with E-state index in [-0.39, 0.29) is 18.4 Å². The lowest BCUT2D eigenvalue weighted by Gasteiger charge is -2.15. The molecule has 0 bridgehead atoms. The summed E-state index contributed by atoms with van der Waals surface area (Å²) in [5, 5.41) is 0. The van der Waals surface area contributed by atoms with Crippen molar-refractivity contribution in [3.05, 3.63) is 65.7 Å². The van der Waals surface area contributed by atoms with Gasteiger partial charge in [-0.15, -0.1) is 0 Å². The summed E-state index contributed by atoms with van der Waals surface area (Å²) in [6.45, 7) is 1.97. The van der Waals surface area contributed by atoms with Gasteiger partial charge in [-0.05, 0) is 30.5 Å². The van der Waals surface area contributed by atoms with Crippen LogP contribution in [0.15, 0.2) is 54.6 Å². The molecule has 3 rings (SSSR count). The van der Waals surface area contributed by atoms with Crippen LogP contribution >= 0.6 is 0 Å². The minimum absolute atomic E-state index is 0.219. The average Bonchev–Trinajstić information content (AvgIpc) is 2.81. The van der Waals surface area contributed by atoms with E-state index >= 15 is 0 Å². The van der Waals surface area contributed by atoms with Gasteiger partial charge in [-0.3, -0.25) is 4.79 Å². The van der Waals surface area contributed by atoms with Gasteiger partial charge in [0.1, 0.15) is 0 Å². The van der Waals surface area contributed by atoms with Gasteiger partial charge in [0.2, 0.25) is 5.91 Å². The molecule has 0 saturated carbocycles. The van der Waals surface area contributed by atoms with Crippen LogP contribution < -0.4 is 4.90 Å². The van der Waals surface area contributed by atoms with E-state index in [1.165, 1.54) is 0 Å². The van der Waals surface area contributed by atoms with Crippen LogP contribution in [-0.4, -0.2) is 18.6 Å². The second-order valence-corrected chi connectivity index (χ2v) is 5.17. The molecule has 1 unspecified atom stereocenters. The van der Waals surface area contributed by atoms with E-state index in [0.717, 1.165) is 16.0 Å². The highest BCUT2D eigenvalue weighted by molar-refractivity contribution is 6.19. The summed E-state index contributed by atoms with van der Waals surface area (Å²) in [6, 6.07) is 17.2. The number of para-hydroxylation sites is 1. The summed E-state index contributed by atoms with van der Waals surface area (Å²) in [4.78, 5) is 26.0. The summed E-state index contributed by atoms with van der Waals surface area (Å²) >= 11 is 0. The molecule has 22 heavy (non-hydrogen) atoms. The number of amides is 2. The van der Waals surface area contributed by atoms with Gasteiger partial charge in [0.15, 0.2) is 0 Å². The van der Waals surface area contributed by atoms with Crippen molar-refractivity contribution in [2.45, 2.75) is 19.3 Å². The first-order valence-electron chi connectivity index (χ1n) is 7.36. The topological polar surface area (TPSA) is 46.6 Å². The Morgan fingerprint density at radius 3 is 2.50 bits per heavy atom. The lowest BCUT2D eigenvalue weighted by Crippen LogP contribution is -2.36. The summed E-state index contributed by atoms with van der Waals surface area (Å²) < 4.78 is 5.02. The number of ether oxygens (including phenoxy) is 1. The van der Waals surface area contributed by atoms with Gasteiger partial charge in [0.05, 0.1) is 18.2 Å². The number of carbonyl (C=O) groups excluding carboxylic acids is 2. The Hall–Kier alpha value is -2.62. The smallest absolute Gasteiger partial charge is 0.421 e. The van der Waals surface area contributed by atoms with Gasteiger partial charge in [0, 0.05) is 0 Å². The van der Waals surface area contributed by atoms with Gasteiger partial charge < -0.3 is 4.74 Å². The molecule has 1 heterocycles. The second kappa shape index (κ2) is 6.02. The van der Waals surface area contributed by atoms with Crippen molar-refractivity contribution >= 4 is 17.7 Å². The van der Waals surface area contributed by atoms with Crippen molar-refractivity contribution in [1.29, 1.82) is 0 Å². The van der Waals surface area contributed by atoms with Crippen LogP contribution in [0.3, 0.4) is 0 Å². The Kier molecular flexibility index (Phi) is 3.92. The highest BCUT2D eigenvalue weighted by atomic mass is 16.6. The Labute approximate surface area is 129 Å². The molecule has 2 aromatic carbocycles. The number of hydrogen-bond acceptors (Lipinski definition) is 3. The van der Waals surface area contributed by atoms with Crippen LogP contribution in [0.1, 0.15) is 24.0 Å². The monoisotopic (exact) mass is 295 g/mol. The van der Waals surface area contributed by atoms with Gasteiger partial charge in [-0.1, -0.05) is 48.5 Å². The molecule has 0 aromatic heterocycles. The minimum Gasteiger partial charge on any atom is -0.449 e. The van der Waals surface area contributed by atoms with E-state index in [1.807, 2.05) is 48.5 Å². The highest BCUT2D eigenvalue weighted by Crippen LogP contribution is 2.39. The Morgan fingerprint density at radius 1 is 1.09 bits per heavy atom. The van der Waals surface area contributed by atoms with Crippen LogP contribution in [0.4, 0.5) is 10.5 Å². The quantitative estimate of drug-likeness (QED) is 0.870. The molecule has 112 valence electrons. The molecule has 0 fully saturated rings. The molecule has 1 atom stereocenters. The molecule has 0 spiro atoms. The predicted molar refractivity (Wildman–Crippen MR) is 83.8 cm³/mol. The van der Waals surface area contributed by atoms with Crippen LogP contribution in [0, 0.1) is 0 Å². The van der Waals surface area contributed by atoms with Crippen LogP contribution in [0.5, 0.6) is 0 Å².